The lowest BCUT2D eigenvalue weighted by molar-refractivity contribution is 0.760. The van der Waals surface area contributed by atoms with Crippen LogP contribution in [-0.4, -0.2) is 15.4 Å². The van der Waals surface area contributed by atoms with E-state index in [0.29, 0.717) is 5.88 Å². The van der Waals surface area contributed by atoms with Crippen LogP contribution in [0.3, 0.4) is 0 Å². The fourth-order valence-corrected chi connectivity index (χ4v) is 3.51. The smallest absolute Gasteiger partial charge is 0.111 e. The summed E-state index contributed by atoms with van der Waals surface area (Å²) in [6.07, 6.45) is 0.805. The van der Waals surface area contributed by atoms with Crippen LogP contribution < -0.4 is 0 Å². The summed E-state index contributed by atoms with van der Waals surface area (Å²) < 4.78 is 2.30. The topological polar surface area (TPSA) is 17.8 Å². The minimum Gasteiger partial charge on any atom is -0.323 e. The third-order valence-electron chi connectivity index (χ3n) is 3.57. The lowest BCUT2D eigenvalue weighted by atomic mass is 10.2. The molecule has 0 saturated carbocycles. The lowest BCUT2D eigenvalue weighted by Crippen LogP contribution is -2.05. The van der Waals surface area contributed by atoms with Gasteiger partial charge in [0.25, 0.3) is 0 Å². The van der Waals surface area contributed by atoms with Gasteiger partial charge in [-0.05, 0) is 48.6 Å². The van der Waals surface area contributed by atoms with Gasteiger partial charge in [0.2, 0.25) is 0 Å². The van der Waals surface area contributed by atoms with E-state index >= 15 is 0 Å². The number of halogens is 1. The second-order valence-electron chi connectivity index (χ2n) is 5.07. The predicted molar refractivity (Wildman–Crippen MR) is 87.1 cm³/mol. The molecule has 0 spiro atoms. The molecule has 0 aliphatic carbocycles. The van der Waals surface area contributed by atoms with E-state index in [1.807, 2.05) is 0 Å². The van der Waals surface area contributed by atoms with Crippen molar-refractivity contribution >= 4 is 34.0 Å². The number of alkyl halides is 1. The van der Waals surface area contributed by atoms with Gasteiger partial charge in [0.15, 0.2) is 0 Å². The highest BCUT2D eigenvalue weighted by Crippen LogP contribution is 2.23. The van der Waals surface area contributed by atoms with Crippen molar-refractivity contribution in [2.45, 2.75) is 26.8 Å². The van der Waals surface area contributed by atoms with Crippen molar-refractivity contribution in [3.8, 4) is 0 Å². The first-order valence-corrected chi connectivity index (χ1v) is 8.15. The van der Waals surface area contributed by atoms with E-state index in [0.717, 1.165) is 24.3 Å². The SMILES string of the molecule is Cc1ccc2c(c1)nc(CCCl)n2Cc1sccc1C. The fraction of sp³-hybridized carbons (Fsp3) is 0.312. The summed E-state index contributed by atoms with van der Waals surface area (Å²) in [5.74, 6) is 1.68. The molecule has 0 atom stereocenters. The molecule has 0 saturated heterocycles. The number of fused-ring (bicyclic) bond motifs is 1. The number of aromatic nitrogens is 2. The van der Waals surface area contributed by atoms with Crippen LogP contribution in [0.2, 0.25) is 0 Å². The Morgan fingerprint density at radius 1 is 1.25 bits per heavy atom. The third-order valence-corrected chi connectivity index (χ3v) is 4.77. The molecule has 20 heavy (non-hydrogen) atoms. The first kappa shape index (κ1) is 13.7. The van der Waals surface area contributed by atoms with Crippen LogP contribution in [0, 0.1) is 13.8 Å². The Hall–Kier alpha value is -1.32. The van der Waals surface area contributed by atoms with Gasteiger partial charge in [-0.2, -0.15) is 0 Å². The van der Waals surface area contributed by atoms with Gasteiger partial charge < -0.3 is 4.57 Å². The number of aryl methyl sites for hydroxylation is 3. The summed E-state index contributed by atoms with van der Waals surface area (Å²) in [5.41, 5.74) is 4.86. The number of thiophene rings is 1. The Morgan fingerprint density at radius 2 is 2.10 bits per heavy atom. The summed E-state index contributed by atoms with van der Waals surface area (Å²) >= 11 is 7.73. The average Bonchev–Trinajstić information content (AvgIpc) is 2.96. The molecule has 2 nitrogen and oxygen atoms in total. The molecule has 1 aromatic carbocycles. The number of rotatable bonds is 4. The van der Waals surface area contributed by atoms with Gasteiger partial charge in [0.05, 0.1) is 17.6 Å². The zero-order valence-electron chi connectivity index (χ0n) is 11.7. The highest BCUT2D eigenvalue weighted by atomic mass is 35.5. The first-order chi connectivity index (χ1) is 9.69. The highest BCUT2D eigenvalue weighted by Gasteiger charge is 2.12. The average molecular weight is 305 g/mol. The van der Waals surface area contributed by atoms with Crippen LogP contribution >= 0.6 is 22.9 Å². The maximum Gasteiger partial charge on any atom is 0.111 e. The predicted octanol–water partition coefficient (Wildman–Crippen LogP) is 4.54. The van der Waals surface area contributed by atoms with Gasteiger partial charge in [0, 0.05) is 17.2 Å². The van der Waals surface area contributed by atoms with Gasteiger partial charge in [-0.25, -0.2) is 4.98 Å². The molecule has 0 fully saturated rings. The van der Waals surface area contributed by atoms with Crippen molar-refractivity contribution in [3.05, 3.63) is 51.5 Å². The Balaban J connectivity index is 2.11. The van der Waals surface area contributed by atoms with Crippen molar-refractivity contribution < 1.29 is 0 Å². The lowest BCUT2D eigenvalue weighted by Gasteiger charge is -2.08. The molecule has 0 unspecified atom stereocenters. The number of nitrogens with zero attached hydrogens (tertiary/aromatic N) is 2. The molecule has 3 rings (SSSR count). The zero-order chi connectivity index (χ0) is 14.1. The Kier molecular flexibility index (Phi) is 3.81. The Labute approximate surface area is 128 Å². The van der Waals surface area contributed by atoms with E-state index in [4.69, 9.17) is 16.6 Å². The van der Waals surface area contributed by atoms with Gasteiger partial charge in [0.1, 0.15) is 5.82 Å². The minimum atomic E-state index is 0.603. The van der Waals surface area contributed by atoms with Crippen molar-refractivity contribution in [1.82, 2.24) is 9.55 Å². The van der Waals surface area contributed by atoms with E-state index in [1.165, 1.54) is 21.5 Å². The quantitative estimate of drug-likeness (QED) is 0.647. The van der Waals surface area contributed by atoms with E-state index in [2.05, 4.69) is 48.1 Å². The monoisotopic (exact) mass is 304 g/mol. The molecule has 104 valence electrons. The minimum absolute atomic E-state index is 0.603. The second-order valence-corrected chi connectivity index (χ2v) is 6.45. The molecule has 0 aliphatic heterocycles. The van der Waals surface area contributed by atoms with Crippen LogP contribution in [0.4, 0.5) is 0 Å². The summed E-state index contributed by atoms with van der Waals surface area (Å²) in [5, 5.41) is 2.15. The number of hydrogen-bond donors (Lipinski definition) is 0. The van der Waals surface area contributed by atoms with Crippen LogP contribution in [0.5, 0.6) is 0 Å². The normalized spacial score (nSPS) is 11.3. The standard InChI is InChI=1S/C16H17ClN2S/c1-11-3-4-14-13(9-11)18-16(5-7-17)19(14)10-15-12(2)6-8-20-15/h3-4,6,8-9H,5,7,10H2,1-2H3. The summed E-state index contributed by atoms with van der Waals surface area (Å²) in [6, 6.07) is 8.62. The number of benzene rings is 1. The summed E-state index contributed by atoms with van der Waals surface area (Å²) in [6.45, 7) is 5.15. The van der Waals surface area contributed by atoms with E-state index in [1.54, 1.807) is 11.3 Å². The molecular weight excluding hydrogens is 288 g/mol. The number of hydrogen-bond acceptors (Lipinski definition) is 2. The number of imidazole rings is 1. The molecule has 4 heteroatoms. The van der Waals surface area contributed by atoms with E-state index in [-0.39, 0.29) is 0 Å². The van der Waals surface area contributed by atoms with E-state index in [9.17, 15) is 0 Å². The van der Waals surface area contributed by atoms with Crippen LogP contribution in [0.15, 0.2) is 29.6 Å². The van der Waals surface area contributed by atoms with Gasteiger partial charge >= 0.3 is 0 Å². The van der Waals surface area contributed by atoms with Crippen LogP contribution in [0.1, 0.15) is 21.8 Å². The summed E-state index contributed by atoms with van der Waals surface area (Å²) in [4.78, 5) is 6.15. The van der Waals surface area contributed by atoms with Crippen LogP contribution in [0.25, 0.3) is 11.0 Å². The molecule has 0 bridgehead atoms. The molecule has 0 N–H and O–H groups in total. The molecule has 0 amide bonds. The van der Waals surface area contributed by atoms with Crippen LogP contribution in [-0.2, 0) is 13.0 Å². The molecule has 3 aromatic rings. The Morgan fingerprint density at radius 3 is 2.80 bits per heavy atom. The van der Waals surface area contributed by atoms with Gasteiger partial charge in [-0.3, -0.25) is 0 Å². The van der Waals surface area contributed by atoms with Crippen molar-refractivity contribution in [2.75, 3.05) is 5.88 Å². The van der Waals surface area contributed by atoms with Gasteiger partial charge in [-0.15, -0.1) is 22.9 Å². The zero-order valence-corrected chi connectivity index (χ0v) is 13.3. The maximum atomic E-state index is 5.93. The second kappa shape index (κ2) is 5.58. The van der Waals surface area contributed by atoms with Crippen molar-refractivity contribution in [3.63, 3.8) is 0 Å². The third kappa shape index (κ3) is 2.48. The molecular formula is C16H17ClN2S. The Bertz CT molecular complexity index is 742. The maximum absolute atomic E-state index is 5.93. The molecule has 2 aromatic heterocycles. The highest BCUT2D eigenvalue weighted by molar-refractivity contribution is 7.10. The van der Waals surface area contributed by atoms with Gasteiger partial charge in [-0.1, -0.05) is 6.07 Å². The summed E-state index contributed by atoms with van der Waals surface area (Å²) in [7, 11) is 0. The van der Waals surface area contributed by atoms with E-state index < -0.39 is 0 Å². The molecule has 2 heterocycles. The fourth-order valence-electron chi connectivity index (χ4n) is 2.45. The largest absolute Gasteiger partial charge is 0.323 e. The first-order valence-electron chi connectivity index (χ1n) is 6.73. The molecule has 0 radical (unpaired) electrons. The molecule has 0 aliphatic rings. The van der Waals surface area contributed by atoms with Crippen molar-refractivity contribution in [1.29, 1.82) is 0 Å². The van der Waals surface area contributed by atoms with Crippen molar-refractivity contribution in [2.24, 2.45) is 0 Å².